The van der Waals surface area contributed by atoms with E-state index in [2.05, 4.69) is 36.1 Å². The van der Waals surface area contributed by atoms with Crippen LogP contribution in [0.2, 0.25) is 0 Å². The molecular formula is C21H29N3OS. The number of aromatic nitrogens is 2. The fourth-order valence-corrected chi connectivity index (χ4v) is 4.54. The van der Waals surface area contributed by atoms with Crippen LogP contribution in [0.3, 0.4) is 0 Å². The highest BCUT2D eigenvalue weighted by Crippen LogP contribution is 2.40. The van der Waals surface area contributed by atoms with Gasteiger partial charge in [-0.1, -0.05) is 33.3 Å². The number of pyridine rings is 1. The van der Waals surface area contributed by atoms with E-state index in [9.17, 15) is 4.79 Å². The Bertz CT molecular complexity index is 718. The van der Waals surface area contributed by atoms with Crippen LogP contribution in [0.4, 0.5) is 0 Å². The lowest BCUT2D eigenvalue weighted by atomic mass is 9.69. The zero-order chi connectivity index (χ0) is 18.6. The number of carbonyl (C=O) groups excluding carboxylic acids is 1. The van der Waals surface area contributed by atoms with Crippen LogP contribution in [0.25, 0.3) is 10.7 Å². The van der Waals surface area contributed by atoms with Crippen molar-refractivity contribution in [3.05, 3.63) is 35.5 Å². The van der Waals surface area contributed by atoms with E-state index in [0.29, 0.717) is 17.9 Å². The van der Waals surface area contributed by atoms with Crippen molar-refractivity contribution >= 4 is 17.2 Å². The summed E-state index contributed by atoms with van der Waals surface area (Å²) in [6, 6.07) is 6.10. The summed E-state index contributed by atoms with van der Waals surface area (Å²) in [6.07, 6.45) is 7.95. The third kappa shape index (κ3) is 4.70. The minimum Gasteiger partial charge on any atom is -0.353 e. The van der Waals surface area contributed by atoms with Gasteiger partial charge in [0.25, 0.3) is 0 Å². The van der Waals surface area contributed by atoms with Crippen LogP contribution in [0, 0.1) is 11.3 Å². The van der Waals surface area contributed by atoms with Gasteiger partial charge >= 0.3 is 0 Å². The third-order valence-electron chi connectivity index (χ3n) is 5.89. The van der Waals surface area contributed by atoms with Crippen LogP contribution in [-0.4, -0.2) is 21.9 Å². The largest absolute Gasteiger partial charge is 0.353 e. The molecule has 3 rings (SSSR count). The van der Waals surface area contributed by atoms with Crippen LogP contribution in [0.15, 0.2) is 29.8 Å². The second-order valence-electron chi connectivity index (χ2n) is 7.99. The molecule has 0 unspecified atom stereocenters. The zero-order valence-corrected chi connectivity index (χ0v) is 16.8. The molecule has 1 N–H and O–H groups in total. The molecule has 2 aromatic rings. The Morgan fingerprint density at radius 3 is 2.69 bits per heavy atom. The molecule has 1 fully saturated rings. The molecule has 1 saturated carbocycles. The van der Waals surface area contributed by atoms with Gasteiger partial charge in [0.15, 0.2) is 0 Å². The molecular weight excluding hydrogens is 342 g/mol. The van der Waals surface area contributed by atoms with Gasteiger partial charge in [0, 0.05) is 17.6 Å². The van der Waals surface area contributed by atoms with Crippen molar-refractivity contribution in [1.82, 2.24) is 15.3 Å². The topological polar surface area (TPSA) is 54.9 Å². The Morgan fingerprint density at radius 1 is 1.27 bits per heavy atom. The third-order valence-corrected chi connectivity index (χ3v) is 6.80. The molecule has 4 nitrogen and oxygen atoms in total. The molecule has 1 aliphatic carbocycles. The first-order valence-electron chi connectivity index (χ1n) is 9.63. The first-order valence-corrected chi connectivity index (χ1v) is 10.5. The second kappa shape index (κ2) is 8.30. The molecule has 2 aromatic heterocycles. The van der Waals surface area contributed by atoms with E-state index >= 15 is 0 Å². The number of hydrogen-bond acceptors (Lipinski definition) is 4. The van der Waals surface area contributed by atoms with Gasteiger partial charge in [0.1, 0.15) is 5.01 Å². The fraction of sp³-hybridized carbons (Fsp3) is 0.571. The molecule has 1 amide bonds. The van der Waals surface area contributed by atoms with E-state index in [4.69, 9.17) is 0 Å². The Hall–Kier alpha value is -1.75. The van der Waals surface area contributed by atoms with E-state index in [0.717, 1.165) is 35.2 Å². The Kier molecular flexibility index (Phi) is 6.07. The van der Waals surface area contributed by atoms with Gasteiger partial charge in [-0.15, -0.1) is 11.3 Å². The fourth-order valence-electron chi connectivity index (χ4n) is 3.75. The maximum atomic E-state index is 12.4. The van der Waals surface area contributed by atoms with E-state index in [1.807, 2.05) is 23.6 Å². The van der Waals surface area contributed by atoms with Crippen LogP contribution >= 0.6 is 11.3 Å². The van der Waals surface area contributed by atoms with Crippen LogP contribution < -0.4 is 5.32 Å². The van der Waals surface area contributed by atoms with Gasteiger partial charge in [-0.05, 0) is 49.1 Å². The summed E-state index contributed by atoms with van der Waals surface area (Å²) in [7, 11) is 0. The number of nitrogens with one attached hydrogen (secondary N) is 1. The average molecular weight is 372 g/mol. The smallest absolute Gasteiger partial charge is 0.226 e. The molecule has 0 spiro atoms. The monoisotopic (exact) mass is 371 g/mol. The summed E-state index contributed by atoms with van der Waals surface area (Å²) in [5, 5.41) is 6.05. The minimum atomic E-state index is 0.0843. The van der Waals surface area contributed by atoms with Crippen molar-refractivity contribution in [3.63, 3.8) is 0 Å². The SMILES string of the molecule is CCC(C)(C)C1CCC(NC(=O)Cc2csc(-c3ccccn3)n2)CC1. The summed E-state index contributed by atoms with van der Waals surface area (Å²) in [6.45, 7) is 7.02. The molecule has 26 heavy (non-hydrogen) atoms. The highest BCUT2D eigenvalue weighted by Gasteiger charge is 2.32. The molecule has 0 atom stereocenters. The van der Waals surface area contributed by atoms with E-state index in [-0.39, 0.29) is 5.91 Å². The molecule has 1 aliphatic rings. The maximum absolute atomic E-state index is 12.4. The molecule has 2 heterocycles. The summed E-state index contributed by atoms with van der Waals surface area (Å²) in [5.41, 5.74) is 2.10. The first kappa shape index (κ1) is 19.0. The Morgan fingerprint density at radius 2 is 2.04 bits per heavy atom. The molecule has 0 aromatic carbocycles. The van der Waals surface area contributed by atoms with Crippen LogP contribution in [-0.2, 0) is 11.2 Å². The molecule has 0 aliphatic heterocycles. The minimum absolute atomic E-state index is 0.0843. The number of rotatable bonds is 6. The molecule has 0 saturated heterocycles. The predicted octanol–water partition coefficient (Wildman–Crippen LogP) is 4.86. The number of thiazole rings is 1. The predicted molar refractivity (Wildman–Crippen MR) is 107 cm³/mol. The molecule has 5 heteroatoms. The number of amides is 1. The lowest BCUT2D eigenvalue weighted by Crippen LogP contribution is -2.40. The zero-order valence-electron chi connectivity index (χ0n) is 16.0. The van der Waals surface area contributed by atoms with Crippen LogP contribution in [0.5, 0.6) is 0 Å². The second-order valence-corrected chi connectivity index (χ2v) is 8.85. The summed E-state index contributed by atoms with van der Waals surface area (Å²) in [5.74, 6) is 0.862. The van der Waals surface area contributed by atoms with Crippen molar-refractivity contribution in [3.8, 4) is 10.7 Å². The summed E-state index contributed by atoms with van der Waals surface area (Å²) >= 11 is 1.54. The van der Waals surface area contributed by atoms with Gasteiger partial charge < -0.3 is 5.32 Å². The van der Waals surface area contributed by atoms with E-state index in [1.54, 1.807) is 17.5 Å². The Balaban J connectivity index is 1.49. The standard InChI is InChI=1S/C21H29N3OS/c1-4-21(2,3)15-8-10-16(11-9-15)23-19(25)13-17-14-26-20(24-17)18-7-5-6-12-22-18/h5-7,12,14-16H,4,8-11,13H2,1-3H3,(H,23,25). The van der Waals surface area contributed by atoms with Gasteiger partial charge in [-0.2, -0.15) is 0 Å². The number of nitrogens with zero attached hydrogens (tertiary/aromatic N) is 2. The normalized spacial score (nSPS) is 20.7. The van der Waals surface area contributed by atoms with Crippen molar-refractivity contribution < 1.29 is 4.79 Å². The maximum Gasteiger partial charge on any atom is 0.226 e. The Labute approximate surface area is 160 Å². The highest BCUT2D eigenvalue weighted by molar-refractivity contribution is 7.13. The van der Waals surface area contributed by atoms with Gasteiger partial charge in [0.2, 0.25) is 5.91 Å². The van der Waals surface area contributed by atoms with Gasteiger partial charge in [0.05, 0.1) is 17.8 Å². The lowest BCUT2D eigenvalue weighted by molar-refractivity contribution is -0.121. The van der Waals surface area contributed by atoms with Crippen molar-refractivity contribution in [2.75, 3.05) is 0 Å². The van der Waals surface area contributed by atoms with Gasteiger partial charge in [-0.25, -0.2) is 4.98 Å². The number of hydrogen-bond donors (Lipinski definition) is 1. The molecule has 0 radical (unpaired) electrons. The lowest BCUT2D eigenvalue weighted by Gasteiger charge is -2.39. The van der Waals surface area contributed by atoms with Gasteiger partial charge in [-0.3, -0.25) is 9.78 Å². The molecule has 0 bridgehead atoms. The van der Waals surface area contributed by atoms with E-state index < -0.39 is 0 Å². The number of carbonyl (C=O) groups is 1. The van der Waals surface area contributed by atoms with Crippen molar-refractivity contribution in [2.45, 2.75) is 65.3 Å². The van der Waals surface area contributed by atoms with Crippen molar-refractivity contribution in [1.29, 1.82) is 0 Å². The summed E-state index contributed by atoms with van der Waals surface area (Å²) < 4.78 is 0. The van der Waals surface area contributed by atoms with E-state index in [1.165, 1.54) is 19.3 Å². The first-order chi connectivity index (χ1) is 12.5. The molecule has 140 valence electrons. The van der Waals surface area contributed by atoms with Crippen LogP contribution in [0.1, 0.15) is 58.6 Å². The summed E-state index contributed by atoms with van der Waals surface area (Å²) in [4.78, 5) is 21.3. The quantitative estimate of drug-likeness (QED) is 0.789. The highest BCUT2D eigenvalue weighted by atomic mass is 32.1. The average Bonchev–Trinajstić information content (AvgIpc) is 3.11. The van der Waals surface area contributed by atoms with Crippen molar-refractivity contribution in [2.24, 2.45) is 11.3 Å².